The molecule has 0 amide bonds. The van der Waals surface area contributed by atoms with Crippen molar-refractivity contribution < 1.29 is 9.15 Å². The summed E-state index contributed by atoms with van der Waals surface area (Å²) in [6.07, 6.45) is 6.58. The minimum Gasteiger partial charge on any atom is -0.352 e. The molecule has 0 spiro atoms. The number of aromatic nitrogens is 4. The second-order valence-corrected chi connectivity index (χ2v) is 8.22. The Balaban J connectivity index is 1.83. The van der Waals surface area contributed by atoms with Gasteiger partial charge in [-0.05, 0) is 37.8 Å². The molecule has 3 aromatic heterocycles. The van der Waals surface area contributed by atoms with Gasteiger partial charge in [-0.3, -0.25) is 4.98 Å². The summed E-state index contributed by atoms with van der Waals surface area (Å²) in [7, 11) is 0. The van der Waals surface area contributed by atoms with Gasteiger partial charge in [0, 0.05) is 47.4 Å². The fourth-order valence-corrected chi connectivity index (χ4v) is 4.18. The van der Waals surface area contributed by atoms with E-state index in [2.05, 4.69) is 26.9 Å². The first-order chi connectivity index (χ1) is 14.4. The molecule has 0 fully saturated rings. The number of hydrogen-bond donors (Lipinski definition) is 1. The molecule has 1 N–H and O–H groups in total. The van der Waals surface area contributed by atoms with Gasteiger partial charge in [-0.15, -0.1) is 0 Å². The normalized spacial score (nSPS) is 12.7. The molecule has 7 heteroatoms. The van der Waals surface area contributed by atoms with Crippen molar-refractivity contribution in [3.05, 3.63) is 63.2 Å². The molecule has 1 aliphatic rings. The van der Waals surface area contributed by atoms with E-state index in [0.29, 0.717) is 36.2 Å². The van der Waals surface area contributed by atoms with Crippen molar-refractivity contribution in [1.29, 1.82) is 0 Å². The number of rotatable bonds is 6. The average Bonchev–Trinajstić information content (AvgIpc) is 3.07. The molecule has 0 bridgehead atoms. The van der Waals surface area contributed by atoms with Crippen LogP contribution in [0.1, 0.15) is 61.1 Å². The molecule has 0 unspecified atom stereocenters. The summed E-state index contributed by atoms with van der Waals surface area (Å²) in [6, 6.07) is 1.66. The molecular weight excluding hydrogens is 381 g/mol. The van der Waals surface area contributed by atoms with Crippen LogP contribution in [0.5, 0.6) is 0 Å². The van der Waals surface area contributed by atoms with E-state index < -0.39 is 0 Å². The summed E-state index contributed by atoms with van der Waals surface area (Å²) in [6.45, 7) is 7.72. The number of nitrogens with one attached hydrogen (secondary N) is 1. The Kier molecular flexibility index (Phi) is 5.45. The molecule has 0 aromatic carbocycles. The van der Waals surface area contributed by atoms with Crippen molar-refractivity contribution in [2.24, 2.45) is 0 Å². The van der Waals surface area contributed by atoms with Gasteiger partial charge in [-0.25, -0.2) is 14.4 Å². The molecule has 6 nitrogen and oxygen atoms in total. The van der Waals surface area contributed by atoms with Gasteiger partial charge in [0.25, 0.3) is 5.69 Å². The lowest BCUT2D eigenvalue weighted by Gasteiger charge is -2.18. The number of hydrogen-bond acceptors (Lipinski definition) is 4. The van der Waals surface area contributed by atoms with Crippen LogP contribution in [0.2, 0.25) is 0 Å². The van der Waals surface area contributed by atoms with Crippen molar-refractivity contribution in [2.45, 2.75) is 65.8 Å². The van der Waals surface area contributed by atoms with Crippen LogP contribution < -0.4 is 0 Å². The van der Waals surface area contributed by atoms with Crippen LogP contribution in [0.15, 0.2) is 18.6 Å². The molecule has 0 aliphatic heterocycles. The van der Waals surface area contributed by atoms with Crippen LogP contribution >= 0.6 is 0 Å². The van der Waals surface area contributed by atoms with Gasteiger partial charge in [0.15, 0.2) is 5.82 Å². The van der Waals surface area contributed by atoms with Crippen LogP contribution in [-0.4, -0.2) is 30.7 Å². The van der Waals surface area contributed by atoms with E-state index in [0.717, 1.165) is 51.5 Å². The summed E-state index contributed by atoms with van der Waals surface area (Å²) < 4.78 is 16.8. The Morgan fingerprint density at radius 1 is 1.23 bits per heavy atom. The standard InChI is InChI=1S/C23H27FN5O/c1-5-6-18-23(29(30)13(2)3)17-8-7-15-11-25-19(21(24)20(15)22(17)28-18)10-16-9-14(4)26-12-27-16/h9,11-13,28H,5-8,10H2,1-4H3/q+1. The van der Waals surface area contributed by atoms with Crippen molar-refractivity contribution in [3.8, 4) is 11.3 Å². The van der Waals surface area contributed by atoms with E-state index in [4.69, 9.17) is 0 Å². The number of aromatic amines is 1. The zero-order valence-electron chi connectivity index (χ0n) is 17.9. The predicted molar refractivity (Wildman–Crippen MR) is 113 cm³/mol. The van der Waals surface area contributed by atoms with E-state index in [1.165, 1.54) is 6.33 Å². The first kappa shape index (κ1) is 20.3. The highest BCUT2D eigenvalue weighted by atomic mass is 19.1. The summed E-state index contributed by atoms with van der Waals surface area (Å²) in [4.78, 5) is 29.0. The van der Waals surface area contributed by atoms with E-state index in [9.17, 15) is 4.91 Å². The van der Waals surface area contributed by atoms with E-state index >= 15 is 4.39 Å². The first-order valence-corrected chi connectivity index (χ1v) is 10.5. The van der Waals surface area contributed by atoms with Gasteiger partial charge < -0.3 is 4.98 Å². The highest BCUT2D eigenvalue weighted by Crippen LogP contribution is 2.42. The lowest BCUT2D eigenvalue weighted by molar-refractivity contribution is -0.498. The molecule has 0 atom stereocenters. The summed E-state index contributed by atoms with van der Waals surface area (Å²) in [5, 5.41) is 0. The molecule has 0 saturated carbocycles. The fraction of sp³-hybridized carbons (Fsp3) is 0.435. The third-order valence-corrected chi connectivity index (χ3v) is 5.61. The number of fused-ring (bicyclic) bond motifs is 3. The Morgan fingerprint density at radius 3 is 2.73 bits per heavy atom. The lowest BCUT2D eigenvalue weighted by atomic mass is 9.89. The van der Waals surface area contributed by atoms with E-state index in [1.807, 2.05) is 26.8 Å². The highest BCUT2D eigenvalue weighted by molar-refractivity contribution is 5.76. The Morgan fingerprint density at radius 2 is 2.03 bits per heavy atom. The zero-order valence-corrected chi connectivity index (χ0v) is 17.9. The quantitative estimate of drug-likeness (QED) is 0.596. The maximum Gasteiger partial charge on any atom is 0.280 e. The van der Waals surface area contributed by atoms with Crippen LogP contribution in [0.25, 0.3) is 11.3 Å². The van der Waals surface area contributed by atoms with Gasteiger partial charge in [-0.1, -0.05) is 13.3 Å². The SMILES string of the molecule is CCCc1[nH]c2c(c1[N+](=O)C(C)C)CCc1cnc(Cc3cc(C)ncn3)c(F)c1-2. The third kappa shape index (κ3) is 3.53. The van der Waals surface area contributed by atoms with Gasteiger partial charge in [-0.2, -0.15) is 0 Å². The molecule has 3 heterocycles. The number of nitrogens with zero attached hydrogens (tertiary/aromatic N) is 4. The fourth-order valence-electron chi connectivity index (χ4n) is 4.18. The minimum atomic E-state index is -0.331. The number of aryl methyl sites for hydroxylation is 3. The Hall–Kier alpha value is -2.96. The summed E-state index contributed by atoms with van der Waals surface area (Å²) >= 11 is 0. The van der Waals surface area contributed by atoms with Crippen LogP contribution in [0, 0.1) is 17.6 Å². The average molecular weight is 409 g/mol. The van der Waals surface area contributed by atoms with Crippen LogP contribution in [0.4, 0.5) is 10.1 Å². The molecule has 1 aliphatic carbocycles. The second-order valence-electron chi connectivity index (χ2n) is 8.22. The smallest absolute Gasteiger partial charge is 0.280 e. The molecule has 0 saturated heterocycles. The van der Waals surface area contributed by atoms with Crippen molar-refractivity contribution in [3.63, 3.8) is 0 Å². The molecule has 30 heavy (non-hydrogen) atoms. The molecule has 3 aromatic rings. The second kappa shape index (κ2) is 8.05. The topological polar surface area (TPSA) is 74.5 Å². The minimum absolute atomic E-state index is 0.180. The van der Waals surface area contributed by atoms with Crippen molar-refractivity contribution >= 4 is 5.69 Å². The van der Waals surface area contributed by atoms with Crippen molar-refractivity contribution in [1.82, 2.24) is 19.9 Å². The van der Waals surface area contributed by atoms with Crippen LogP contribution in [-0.2, 0) is 25.7 Å². The molecule has 0 radical (unpaired) electrons. The van der Waals surface area contributed by atoms with Gasteiger partial charge >= 0.3 is 0 Å². The van der Waals surface area contributed by atoms with E-state index in [1.54, 1.807) is 6.20 Å². The predicted octanol–water partition coefficient (Wildman–Crippen LogP) is 4.77. The first-order valence-electron chi connectivity index (χ1n) is 10.5. The third-order valence-electron chi connectivity index (χ3n) is 5.61. The largest absolute Gasteiger partial charge is 0.352 e. The number of pyridine rings is 1. The summed E-state index contributed by atoms with van der Waals surface area (Å²) in [5.41, 5.74) is 6.58. The lowest BCUT2D eigenvalue weighted by Crippen LogP contribution is -2.15. The number of halogens is 1. The summed E-state index contributed by atoms with van der Waals surface area (Å²) in [5.74, 6) is -0.331. The molecular formula is C23H27FN5O+. The highest BCUT2D eigenvalue weighted by Gasteiger charge is 2.35. The Labute approximate surface area is 175 Å². The van der Waals surface area contributed by atoms with Gasteiger partial charge in [0.1, 0.15) is 6.33 Å². The van der Waals surface area contributed by atoms with E-state index in [-0.39, 0.29) is 11.9 Å². The number of nitroso groups, excluding NO2 is 1. The van der Waals surface area contributed by atoms with Crippen molar-refractivity contribution in [2.75, 3.05) is 0 Å². The zero-order chi connectivity index (χ0) is 21.4. The number of H-pyrrole nitrogens is 1. The van der Waals surface area contributed by atoms with Gasteiger partial charge in [0.2, 0.25) is 6.04 Å². The maximum atomic E-state index is 15.7. The maximum absolute atomic E-state index is 15.7. The molecule has 156 valence electrons. The Bertz CT molecular complexity index is 1120. The van der Waals surface area contributed by atoms with Crippen LogP contribution in [0.3, 0.4) is 0 Å². The van der Waals surface area contributed by atoms with Gasteiger partial charge in [0.05, 0.1) is 28.3 Å². The monoisotopic (exact) mass is 408 g/mol. The molecule has 4 rings (SSSR count).